The predicted octanol–water partition coefficient (Wildman–Crippen LogP) is 3.47. The van der Waals surface area contributed by atoms with Crippen molar-refractivity contribution in [3.05, 3.63) is 68.2 Å². The molecule has 6 nitrogen and oxygen atoms in total. The van der Waals surface area contributed by atoms with Crippen LogP contribution in [0.25, 0.3) is 0 Å². The third-order valence-electron chi connectivity index (χ3n) is 3.20. The van der Waals surface area contributed by atoms with Crippen LogP contribution in [0.4, 0.5) is 5.69 Å². The Morgan fingerprint density at radius 2 is 2.04 bits per heavy atom. The summed E-state index contributed by atoms with van der Waals surface area (Å²) >= 11 is 3.35. The summed E-state index contributed by atoms with van der Waals surface area (Å²) in [6, 6.07) is 11.8. The Morgan fingerprint density at radius 1 is 1.30 bits per heavy atom. The molecule has 2 aromatic carbocycles. The Bertz CT molecular complexity index is 734. The van der Waals surface area contributed by atoms with Crippen LogP contribution in [0, 0.1) is 17.0 Å². The van der Waals surface area contributed by atoms with Gasteiger partial charge in [0, 0.05) is 21.7 Å². The predicted molar refractivity (Wildman–Crippen MR) is 89.8 cm³/mol. The maximum atomic E-state index is 12.1. The Morgan fingerprint density at radius 3 is 2.74 bits per heavy atom. The summed E-state index contributed by atoms with van der Waals surface area (Å²) < 4.78 is 6.42. The van der Waals surface area contributed by atoms with Gasteiger partial charge >= 0.3 is 0 Å². The molecule has 120 valence electrons. The van der Waals surface area contributed by atoms with Crippen LogP contribution in [-0.2, 0) is 0 Å². The summed E-state index contributed by atoms with van der Waals surface area (Å²) in [5, 5.41) is 13.6. The van der Waals surface area contributed by atoms with Gasteiger partial charge in [-0.2, -0.15) is 0 Å². The van der Waals surface area contributed by atoms with Crippen LogP contribution in [0.5, 0.6) is 5.75 Å². The number of nitrogens with zero attached hydrogens (tertiary/aromatic N) is 1. The average Bonchev–Trinajstić information content (AvgIpc) is 2.51. The third kappa shape index (κ3) is 4.53. The molecule has 1 N–H and O–H groups in total. The van der Waals surface area contributed by atoms with Crippen LogP contribution in [0.2, 0.25) is 0 Å². The van der Waals surface area contributed by atoms with Crippen molar-refractivity contribution in [3.8, 4) is 5.75 Å². The standard InChI is InChI=1S/C16H15BrN2O4/c1-11-14(6-3-7-15(11)19(21)22)16(20)18-8-9-23-13-5-2-4-12(17)10-13/h2-7,10H,8-9H2,1H3,(H,18,20). The summed E-state index contributed by atoms with van der Waals surface area (Å²) in [5.41, 5.74) is 0.576. The molecule has 0 aromatic heterocycles. The summed E-state index contributed by atoms with van der Waals surface area (Å²) in [5.74, 6) is 0.337. The van der Waals surface area contributed by atoms with Gasteiger partial charge in [-0.15, -0.1) is 0 Å². The number of nitro groups is 1. The van der Waals surface area contributed by atoms with Crippen LogP contribution in [0.3, 0.4) is 0 Å². The number of hydrogen-bond donors (Lipinski definition) is 1. The van der Waals surface area contributed by atoms with E-state index in [1.54, 1.807) is 13.0 Å². The molecular formula is C16H15BrN2O4. The summed E-state index contributed by atoms with van der Waals surface area (Å²) in [6.45, 7) is 2.16. The summed E-state index contributed by atoms with van der Waals surface area (Å²) in [4.78, 5) is 22.5. The second-order valence-electron chi connectivity index (χ2n) is 4.77. The van der Waals surface area contributed by atoms with E-state index in [1.165, 1.54) is 12.1 Å². The van der Waals surface area contributed by atoms with Crippen molar-refractivity contribution in [1.29, 1.82) is 0 Å². The van der Waals surface area contributed by atoms with E-state index in [0.717, 1.165) is 4.47 Å². The normalized spacial score (nSPS) is 10.2. The second-order valence-corrected chi connectivity index (χ2v) is 5.68. The zero-order chi connectivity index (χ0) is 16.8. The van der Waals surface area contributed by atoms with Gasteiger partial charge in [0.1, 0.15) is 12.4 Å². The second kappa shape index (κ2) is 7.73. The van der Waals surface area contributed by atoms with Gasteiger partial charge in [-0.3, -0.25) is 14.9 Å². The van der Waals surface area contributed by atoms with Crippen LogP contribution < -0.4 is 10.1 Å². The maximum absolute atomic E-state index is 12.1. The number of hydrogen-bond acceptors (Lipinski definition) is 4. The molecule has 0 saturated carbocycles. The van der Waals surface area contributed by atoms with Gasteiger partial charge < -0.3 is 10.1 Å². The largest absolute Gasteiger partial charge is 0.492 e. The van der Waals surface area contributed by atoms with Crippen molar-refractivity contribution in [2.24, 2.45) is 0 Å². The fourth-order valence-corrected chi connectivity index (χ4v) is 2.43. The fraction of sp³-hybridized carbons (Fsp3) is 0.188. The monoisotopic (exact) mass is 378 g/mol. The van der Waals surface area contributed by atoms with Gasteiger partial charge in [-0.1, -0.05) is 28.1 Å². The third-order valence-corrected chi connectivity index (χ3v) is 3.69. The molecule has 0 aliphatic rings. The molecule has 0 aliphatic heterocycles. The molecule has 0 atom stereocenters. The first-order valence-corrected chi connectivity index (χ1v) is 7.69. The van der Waals surface area contributed by atoms with Crippen molar-refractivity contribution in [2.45, 2.75) is 6.92 Å². The Kier molecular flexibility index (Phi) is 5.70. The molecule has 2 aromatic rings. The SMILES string of the molecule is Cc1c(C(=O)NCCOc2cccc(Br)c2)cccc1[N+](=O)[O-]. The number of amides is 1. The summed E-state index contributed by atoms with van der Waals surface area (Å²) in [6.07, 6.45) is 0. The first-order valence-electron chi connectivity index (χ1n) is 6.89. The van der Waals surface area contributed by atoms with Gasteiger partial charge in [0.25, 0.3) is 11.6 Å². The number of carbonyl (C=O) groups excluding carboxylic acids is 1. The van der Waals surface area contributed by atoms with Crippen molar-refractivity contribution in [3.63, 3.8) is 0 Å². The van der Waals surface area contributed by atoms with E-state index >= 15 is 0 Å². The molecule has 0 radical (unpaired) electrons. The number of benzene rings is 2. The topological polar surface area (TPSA) is 81.5 Å². The lowest BCUT2D eigenvalue weighted by Gasteiger charge is -2.09. The first-order chi connectivity index (χ1) is 11.0. The minimum Gasteiger partial charge on any atom is -0.492 e. The van der Waals surface area contributed by atoms with Gasteiger partial charge in [0.2, 0.25) is 0 Å². The lowest BCUT2D eigenvalue weighted by molar-refractivity contribution is -0.385. The molecule has 0 bridgehead atoms. The zero-order valence-electron chi connectivity index (χ0n) is 12.4. The van der Waals surface area contributed by atoms with Crippen molar-refractivity contribution in [1.82, 2.24) is 5.32 Å². The van der Waals surface area contributed by atoms with Crippen molar-refractivity contribution in [2.75, 3.05) is 13.2 Å². The highest BCUT2D eigenvalue weighted by molar-refractivity contribution is 9.10. The highest BCUT2D eigenvalue weighted by Crippen LogP contribution is 2.21. The number of nitrogens with one attached hydrogen (secondary N) is 1. The van der Waals surface area contributed by atoms with E-state index in [-0.39, 0.29) is 11.6 Å². The zero-order valence-corrected chi connectivity index (χ0v) is 14.0. The number of carbonyl (C=O) groups is 1. The van der Waals surface area contributed by atoms with Crippen LogP contribution in [0.15, 0.2) is 46.9 Å². The molecule has 0 saturated heterocycles. The van der Waals surface area contributed by atoms with E-state index in [1.807, 2.05) is 24.3 Å². The van der Waals surface area contributed by atoms with Crippen molar-refractivity contribution < 1.29 is 14.5 Å². The lowest BCUT2D eigenvalue weighted by Crippen LogP contribution is -2.28. The first kappa shape index (κ1) is 17.0. The van der Waals surface area contributed by atoms with E-state index < -0.39 is 4.92 Å². The smallest absolute Gasteiger partial charge is 0.273 e. The van der Waals surface area contributed by atoms with E-state index in [9.17, 15) is 14.9 Å². The number of ether oxygens (including phenoxy) is 1. The van der Waals surface area contributed by atoms with E-state index in [0.29, 0.717) is 30.0 Å². The lowest BCUT2D eigenvalue weighted by atomic mass is 10.1. The van der Waals surface area contributed by atoms with Crippen LogP contribution in [0.1, 0.15) is 15.9 Å². The Balaban J connectivity index is 1.90. The Hall–Kier alpha value is -2.41. The maximum Gasteiger partial charge on any atom is 0.273 e. The highest BCUT2D eigenvalue weighted by Gasteiger charge is 2.17. The van der Waals surface area contributed by atoms with Gasteiger partial charge in [0.05, 0.1) is 11.5 Å². The molecule has 0 fully saturated rings. The molecule has 0 spiro atoms. The minimum absolute atomic E-state index is 0.0666. The van der Waals surface area contributed by atoms with E-state index in [2.05, 4.69) is 21.2 Å². The van der Waals surface area contributed by atoms with Gasteiger partial charge in [0.15, 0.2) is 0 Å². The van der Waals surface area contributed by atoms with Crippen LogP contribution >= 0.6 is 15.9 Å². The van der Waals surface area contributed by atoms with E-state index in [4.69, 9.17) is 4.74 Å². The van der Waals surface area contributed by atoms with Crippen LogP contribution in [-0.4, -0.2) is 24.0 Å². The number of rotatable bonds is 6. The van der Waals surface area contributed by atoms with Gasteiger partial charge in [-0.05, 0) is 31.2 Å². The minimum atomic E-state index is -0.498. The quantitative estimate of drug-likeness (QED) is 0.473. The molecule has 7 heteroatoms. The van der Waals surface area contributed by atoms with Crippen molar-refractivity contribution >= 4 is 27.5 Å². The number of nitro benzene ring substituents is 1. The molecular weight excluding hydrogens is 364 g/mol. The number of halogens is 1. The molecule has 1 amide bonds. The fourth-order valence-electron chi connectivity index (χ4n) is 2.05. The Labute approximate surface area is 141 Å². The molecule has 0 unspecified atom stereocenters. The highest BCUT2D eigenvalue weighted by atomic mass is 79.9. The molecule has 0 aliphatic carbocycles. The summed E-state index contributed by atoms with van der Waals surface area (Å²) in [7, 11) is 0. The molecule has 0 heterocycles. The average molecular weight is 379 g/mol. The van der Waals surface area contributed by atoms with Gasteiger partial charge in [-0.25, -0.2) is 0 Å². The molecule has 23 heavy (non-hydrogen) atoms. The molecule has 2 rings (SSSR count).